The molecule has 0 aromatic heterocycles. The minimum Gasteiger partial charge on any atom is -0.493 e. The fourth-order valence-electron chi connectivity index (χ4n) is 1.56. The molecule has 0 spiro atoms. The molecule has 1 rings (SSSR count). The molecule has 3 nitrogen and oxygen atoms in total. The number of alkyl halides is 1. The van der Waals surface area contributed by atoms with E-state index in [9.17, 15) is 4.79 Å². The van der Waals surface area contributed by atoms with E-state index in [0.717, 1.165) is 0 Å². The third-order valence-electron chi connectivity index (χ3n) is 2.39. The van der Waals surface area contributed by atoms with Gasteiger partial charge in [-0.2, -0.15) is 0 Å². The van der Waals surface area contributed by atoms with Crippen LogP contribution in [0.15, 0.2) is 18.2 Å². The summed E-state index contributed by atoms with van der Waals surface area (Å²) in [5.41, 5.74) is 0.632. The van der Waals surface area contributed by atoms with Crippen molar-refractivity contribution in [2.24, 2.45) is 0 Å². The summed E-state index contributed by atoms with van der Waals surface area (Å²) in [7, 11) is 1.57. The number of hydrogen-bond donors (Lipinski definition) is 0. The van der Waals surface area contributed by atoms with E-state index in [1.165, 1.54) is 0 Å². The van der Waals surface area contributed by atoms with Crippen molar-refractivity contribution < 1.29 is 14.3 Å². The van der Waals surface area contributed by atoms with Crippen LogP contribution in [-0.4, -0.2) is 24.9 Å². The summed E-state index contributed by atoms with van der Waals surface area (Å²) in [5.74, 6) is 1.81. The summed E-state index contributed by atoms with van der Waals surface area (Å²) in [4.78, 5) is 11.9. The molecule has 0 radical (unpaired) electrons. The van der Waals surface area contributed by atoms with Gasteiger partial charge in [0.2, 0.25) is 0 Å². The van der Waals surface area contributed by atoms with Crippen LogP contribution in [0.1, 0.15) is 37.0 Å². The Balaban J connectivity index is 2.87. The molecule has 0 saturated heterocycles. The predicted molar refractivity (Wildman–Crippen MR) is 73.0 cm³/mol. The van der Waals surface area contributed by atoms with E-state index in [1.807, 2.05) is 13.8 Å². The number of carbonyl (C=O) groups is 1. The largest absolute Gasteiger partial charge is 0.493 e. The molecule has 0 heterocycles. The number of methoxy groups -OCH3 is 1. The van der Waals surface area contributed by atoms with Crippen molar-refractivity contribution in [2.45, 2.75) is 32.8 Å². The highest BCUT2D eigenvalue weighted by Crippen LogP contribution is 2.29. The Morgan fingerprint density at radius 1 is 1.33 bits per heavy atom. The fourth-order valence-corrected chi connectivity index (χ4v) is 1.70. The van der Waals surface area contributed by atoms with Crippen LogP contribution in [0.4, 0.5) is 0 Å². The van der Waals surface area contributed by atoms with Crippen LogP contribution in [0, 0.1) is 0 Å². The lowest BCUT2D eigenvalue weighted by Crippen LogP contribution is -2.07. The first-order valence-corrected chi connectivity index (χ1v) is 6.55. The maximum atomic E-state index is 11.9. The van der Waals surface area contributed by atoms with Crippen LogP contribution in [0.5, 0.6) is 11.5 Å². The average Bonchev–Trinajstić information content (AvgIpc) is 2.35. The number of ketones is 1. The summed E-state index contributed by atoms with van der Waals surface area (Å²) in [5, 5.41) is 0. The number of hydrogen-bond acceptors (Lipinski definition) is 3. The average molecular weight is 271 g/mol. The Morgan fingerprint density at radius 3 is 2.61 bits per heavy atom. The van der Waals surface area contributed by atoms with Gasteiger partial charge in [0.25, 0.3) is 0 Å². The number of benzene rings is 1. The first-order valence-electron chi connectivity index (χ1n) is 6.02. The number of halogens is 1. The second-order valence-electron chi connectivity index (χ2n) is 4.25. The third-order valence-corrected chi connectivity index (χ3v) is 2.65. The highest BCUT2D eigenvalue weighted by atomic mass is 35.5. The van der Waals surface area contributed by atoms with Gasteiger partial charge in [-0.15, -0.1) is 11.6 Å². The zero-order chi connectivity index (χ0) is 13.5. The molecule has 0 saturated carbocycles. The lowest BCUT2D eigenvalue weighted by Gasteiger charge is -2.14. The molecule has 4 heteroatoms. The number of rotatable bonds is 7. The zero-order valence-corrected chi connectivity index (χ0v) is 11.8. The van der Waals surface area contributed by atoms with Gasteiger partial charge in [-0.05, 0) is 38.5 Å². The van der Waals surface area contributed by atoms with E-state index in [2.05, 4.69) is 0 Å². The smallest absolute Gasteiger partial charge is 0.163 e. The molecule has 1 aromatic rings. The fraction of sp³-hybridized carbons (Fsp3) is 0.500. The summed E-state index contributed by atoms with van der Waals surface area (Å²) in [6.07, 6.45) is 1.21. The summed E-state index contributed by atoms with van der Waals surface area (Å²) < 4.78 is 10.8. The van der Waals surface area contributed by atoms with E-state index in [0.29, 0.717) is 35.8 Å². The van der Waals surface area contributed by atoms with E-state index in [1.54, 1.807) is 25.3 Å². The first-order chi connectivity index (χ1) is 8.58. The lowest BCUT2D eigenvalue weighted by molar-refractivity contribution is 0.0981. The van der Waals surface area contributed by atoms with E-state index in [4.69, 9.17) is 21.1 Å². The van der Waals surface area contributed by atoms with Gasteiger partial charge in [0.1, 0.15) is 0 Å². The monoisotopic (exact) mass is 270 g/mol. The zero-order valence-electron chi connectivity index (χ0n) is 11.0. The molecule has 18 heavy (non-hydrogen) atoms. The van der Waals surface area contributed by atoms with Crippen LogP contribution in [0.2, 0.25) is 0 Å². The quantitative estimate of drug-likeness (QED) is 0.560. The Hall–Kier alpha value is -1.22. The summed E-state index contributed by atoms with van der Waals surface area (Å²) in [6, 6.07) is 5.25. The lowest BCUT2D eigenvalue weighted by atomic mass is 10.1. The minimum absolute atomic E-state index is 0.0664. The van der Waals surface area contributed by atoms with Gasteiger partial charge in [0, 0.05) is 17.9 Å². The molecule has 0 bridgehead atoms. The van der Waals surface area contributed by atoms with E-state index < -0.39 is 0 Å². The van der Waals surface area contributed by atoms with Crippen LogP contribution in [-0.2, 0) is 0 Å². The van der Waals surface area contributed by atoms with Gasteiger partial charge in [-0.25, -0.2) is 0 Å². The van der Waals surface area contributed by atoms with Crippen molar-refractivity contribution in [3.8, 4) is 11.5 Å². The van der Waals surface area contributed by atoms with Crippen LogP contribution >= 0.6 is 11.6 Å². The maximum Gasteiger partial charge on any atom is 0.163 e. The standard InChI is InChI=1S/C14H19ClO3/c1-10(2)18-13-7-6-11(9-14(13)17-3)12(16)5-4-8-15/h6-7,9-10H,4-5,8H2,1-3H3. The van der Waals surface area contributed by atoms with Crippen molar-refractivity contribution >= 4 is 17.4 Å². The Morgan fingerprint density at radius 2 is 2.06 bits per heavy atom. The van der Waals surface area contributed by atoms with Crippen LogP contribution < -0.4 is 9.47 Å². The number of ether oxygens (including phenoxy) is 2. The van der Waals surface area contributed by atoms with Crippen molar-refractivity contribution in [3.63, 3.8) is 0 Å². The second kappa shape index (κ2) is 7.27. The first kappa shape index (κ1) is 14.8. The normalized spacial score (nSPS) is 10.5. The van der Waals surface area contributed by atoms with Crippen LogP contribution in [0.3, 0.4) is 0 Å². The topological polar surface area (TPSA) is 35.5 Å². The van der Waals surface area contributed by atoms with E-state index in [-0.39, 0.29) is 11.9 Å². The summed E-state index contributed by atoms with van der Waals surface area (Å²) >= 11 is 5.58. The highest BCUT2D eigenvalue weighted by Gasteiger charge is 2.11. The molecule has 1 aromatic carbocycles. The molecule has 0 amide bonds. The maximum absolute atomic E-state index is 11.9. The molecule has 0 aliphatic rings. The molecule has 0 N–H and O–H groups in total. The molecule has 0 unspecified atom stereocenters. The minimum atomic E-state index is 0.0664. The summed E-state index contributed by atoms with van der Waals surface area (Å²) in [6.45, 7) is 3.89. The SMILES string of the molecule is COc1cc(C(=O)CCCCl)ccc1OC(C)C. The van der Waals surface area contributed by atoms with Gasteiger partial charge >= 0.3 is 0 Å². The molecule has 0 fully saturated rings. The van der Waals surface area contributed by atoms with Gasteiger partial charge in [0.15, 0.2) is 17.3 Å². The molecular weight excluding hydrogens is 252 g/mol. The van der Waals surface area contributed by atoms with E-state index >= 15 is 0 Å². The molecule has 0 aliphatic heterocycles. The highest BCUT2D eigenvalue weighted by molar-refractivity contribution is 6.18. The van der Waals surface area contributed by atoms with Crippen molar-refractivity contribution in [1.29, 1.82) is 0 Å². The molecular formula is C14H19ClO3. The molecule has 0 atom stereocenters. The van der Waals surface area contributed by atoms with Gasteiger partial charge in [-0.1, -0.05) is 0 Å². The number of Topliss-reactive ketones (excluding diaryl/α,β-unsaturated/α-hetero) is 1. The molecule has 100 valence electrons. The van der Waals surface area contributed by atoms with Crippen LogP contribution in [0.25, 0.3) is 0 Å². The second-order valence-corrected chi connectivity index (χ2v) is 4.63. The number of carbonyl (C=O) groups excluding carboxylic acids is 1. The Bertz CT molecular complexity index is 402. The molecule has 0 aliphatic carbocycles. The van der Waals surface area contributed by atoms with Crippen molar-refractivity contribution in [3.05, 3.63) is 23.8 Å². The van der Waals surface area contributed by atoms with Crippen molar-refractivity contribution in [2.75, 3.05) is 13.0 Å². The Kier molecular flexibility index (Phi) is 5.99. The predicted octanol–water partition coefficient (Wildman–Crippen LogP) is 3.68. The Labute approximate surface area is 113 Å². The van der Waals surface area contributed by atoms with Crippen molar-refractivity contribution in [1.82, 2.24) is 0 Å². The van der Waals surface area contributed by atoms with Gasteiger partial charge in [0.05, 0.1) is 13.2 Å². The van der Waals surface area contributed by atoms with Gasteiger partial charge in [-0.3, -0.25) is 4.79 Å². The van der Waals surface area contributed by atoms with Gasteiger partial charge < -0.3 is 9.47 Å². The third kappa shape index (κ3) is 4.22.